The Bertz CT molecular complexity index is 665. The summed E-state index contributed by atoms with van der Waals surface area (Å²) in [5.41, 5.74) is 1.25. The smallest absolute Gasteiger partial charge is 0.251 e. The fourth-order valence-corrected chi connectivity index (χ4v) is 3.56. The Labute approximate surface area is 148 Å². The summed E-state index contributed by atoms with van der Waals surface area (Å²) in [6, 6.07) is 9.62. The van der Waals surface area contributed by atoms with Crippen molar-refractivity contribution in [1.29, 1.82) is 5.26 Å². The Morgan fingerprint density at radius 3 is 2.32 bits per heavy atom. The molecule has 0 aromatic heterocycles. The van der Waals surface area contributed by atoms with E-state index >= 15 is 0 Å². The first kappa shape index (κ1) is 17.5. The van der Waals surface area contributed by atoms with Crippen LogP contribution < -0.4 is 10.6 Å². The molecule has 2 amide bonds. The molecule has 25 heavy (non-hydrogen) atoms. The minimum atomic E-state index is -0.321. The van der Waals surface area contributed by atoms with E-state index in [1.807, 2.05) is 12.1 Å². The van der Waals surface area contributed by atoms with Gasteiger partial charge in [0.1, 0.15) is 0 Å². The number of carbonyl (C=O) groups excluding carboxylic acids is 2. The van der Waals surface area contributed by atoms with Gasteiger partial charge in [0.25, 0.3) is 5.91 Å². The third kappa shape index (κ3) is 4.39. The first-order valence-electron chi connectivity index (χ1n) is 9.20. The quantitative estimate of drug-likeness (QED) is 0.749. The summed E-state index contributed by atoms with van der Waals surface area (Å²) in [5.74, 6) is 0.464. The minimum absolute atomic E-state index is 0.0803. The second kappa shape index (κ2) is 7.69. The fraction of sp³-hybridized carbons (Fsp3) is 0.550. The molecule has 0 saturated heterocycles. The molecule has 0 aliphatic heterocycles. The molecule has 0 atom stereocenters. The van der Waals surface area contributed by atoms with Crippen molar-refractivity contribution in [2.45, 2.75) is 50.4 Å². The van der Waals surface area contributed by atoms with Crippen molar-refractivity contribution in [3.63, 3.8) is 0 Å². The minimum Gasteiger partial charge on any atom is -0.354 e. The molecule has 0 unspecified atom stereocenters. The van der Waals surface area contributed by atoms with Gasteiger partial charge in [-0.25, -0.2) is 0 Å². The monoisotopic (exact) mass is 339 g/mol. The van der Waals surface area contributed by atoms with Crippen LogP contribution in [0.2, 0.25) is 0 Å². The molecule has 1 aromatic carbocycles. The zero-order valence-electron chi connectivity index (χ0n) is 14.5. The summed E-state index contributed by atoms with van der Waals surface area (Å²) in [6.45, 7) is 0.867. The van der Waals surface area contributed by atoms with Gasteiger partial charge in [-0.3, -0.25) is 9.59 Å². The molecule has 2 N–H and O–H groups in total. The molecule has 1 aromatic rings. The first-order chi connectivity index (χ1) is 12.1. The summed E-state index contributed by atoms with van der Waals surface area (Å²) in [5, 5.41) is 14.9. The summed E-state index contributed by atoms with van der Waals surface area (Å²) in [7, 11) is 0. The number of carbonyl (C=O) groups is 2. The highest BCUT2D eigenvalue weighted by Gasteiger charge is 2.44. The van der Waals surface area contributed by atoms with Gasteiger partial charge in [0.05, 0.1) is 11.5 Å². The van der Waals surface area contributed by atoms with Gasteiger partial charge in [0.15, 0.2) is 0 Å². The van der Waals surface area contributed by atoms with Gasteiger partial charge < -0.3 is 10.6 Å². The molecule has 2 aliphatic carbocycles. The molecule has 0 heterocycles. The number of hydrogen-bond donors (Lipinski definition) is 2. The molecule has 2 fully saturated rings. The van der Waals surface area contributed by atoms with Crippen molar-refractivity contribution in [2.24, 2.45) is 5.92 Å². The van der Waals surface area contributed by atoms with Crippen LogP contribution in [0.4, 0.5) is 0 Å². The lowest BCUT2D eigenvalue weighted by molar-refractivity contribution is -0.121. The van der Waals surface area contributed by atoms with E-state index in [0.29, 0.717) is 31.0 Å². The van der Waals surface area contributed by atoms with Crippen LogP contribution in [0.3, 0.4) is 0 Å². The summed E-state index contributed by atoms with van der Waals surface area (Å²) in [4.78, 5) is 24.0. The average Bonchev–Trinajstić information content (AvgIpc) is 3.28. The lowest BCUT2D eigenvalue weighted by Crippen LogP contribution is -2.35. The Kier molecular flexibility index (Phi) is 5.37. The van der Waals surface area contributed by atoms with Crippen LogP contribution in [-0.2, 0) is 10.2 Å². The maximum absolute atomic E-state index is 12.1. The zero-order chi connectivity index (χ0) is 17.7. The molecule has 132 valence electrons. The maximum Gasteiger partial charge on any atom is 0.251 e. The van der Waals surface area contributed by atoms with Crippen molar-refractivity contribution in [3.8, 4) is 6.07 Å². The van der Waals surface area contributed by atoms with Gasteiger partial charge >= 0.3 is 0 Å². The van der Waals surface area contributed by atoms with Crippen molar-refractivity contribution in [2.75, 3.05) is 13.1 Å². The number of hydrogen-bond acceptors (Lipinski definition) is 3. The predicted octanol–water partition coefficient (Wildman–Crippen LogP) is 2.67. The molecular weight excluding hydrogens is 314 g/mol. The van der Waals surface area contributed by atoms with Crippen molar-refractivity contribution >= 4 is 11.8 Å². The van der Waals surface area contributed by atoms with Crippen LogP contribution in [0, 0.1) is 17.2 Å². The maximum atomic E-state index is 12.1. The predicted molar refractivity (Wildman–Crippen MR) is 94.9 cm³/mol. The van der Waals surface area contributed by atoms with E-state index < -0.39 is 0 Å². The molecule has 2 saturated carbocycles. The Balaban J connectivity index is 1.37. The van der Waals surface area contributed by atoms with Gasteiger partial charge in [-0.15, -0.1) is 0 Å². The molecule has 0 bridgehead atoms. The van der Waals surface area contributed by atoms with E-state index in [-0.39, 0.29) is 17.2 Å². The number of rotatable bonds is 7. The highest BCUT2D eigenvalue weighted by Crippen LogP contribution is 2.47. The summed E-state index contributed by atoms with van der Waals surface area (Å²) < 4.78 is 0. The third-order valence-corrected chi connectivity index (χ3v) is 5.35. The standard InChI is InChI=1S/C20H25N3O2/c21-14-20(9-10-20)17-7-5-16(6-8-17)19(25)23-12-11-22-18(24)13-15-3-1-2-4-15/h5-8,15H,1-4,9-13H2,(H,22,24)(H,23,25). The van der Waals surface area contributed by atoms with Gasteiger partial charge in [-0.05, 0) is 49.3 Å². The lowest BCUT2D eigenvalue weighted by atomic mass is 9.96. The van der Waals surface area contributed by atoms with Gasteiger partial charge in [0, 0.05) is 25.1 Å². The van der Waals surface area contributed by atoms with Crippen molar-refractivity contribution in [3.05, 3.63) is 35.4 Å². The van der Waals surface area contributed by atoms with Gasteiger partial charge in [-0.2, -0.15) is 5.26 Å². The van der Waals surface area contributed by atoms with Crippen LogP contribution in [0.15, 0.2) is 24.3 Å². The fourth-order valence-electron chi connectivity index (χ4n) is 3.56. The first-order valence-corrected chi connectivity index (χ1v) is 9.20. The average molecular weight is 339 g/mol. The highest BCUT2D eigenvalue weighted by molar-refractivity contribution is 5.94. The lowest BCUT2D eigenvalue weighted by Gasteiger charge is -2.11. The van der Waals surface area contributed by atoms with E-state index in [9.17, 15) is 14.9 Å². The van der Waals surface area contributed by atoms with Gasteiger partial charge in [0.2, 0.25) is 5.91 Å². The van der Waals surface area contributed by atoms with Crippen LogP contribution in [0.25, 0.3) is 0 Å². The molecule has 5 nitrogen and oxygen atoms in total. The van der Waals surface area contributed by atoms with Crippen molar-refractivity contribution < 1.29 is 9.59 Å². The number of nitrogens with zero attached hydrogens (tertiary/aromatic N) is 1. The Hall–Kier alpha value is -2.35. The summed E-state index contributed by atoms with van der Waals surface area (Å²) in [6.07, 6.45) is 7.20. The van der Waals surface area contributed by atoms with E-state index in [4.69, 9.17) is 0 Å². The van der Waals surface area contributed by atoms with Crippen LogP contribution in [-0.4, -0.2) is 24.9 Å². The normalized spacial score (nSPS) is 18.4. The second-order valence-corrected chi connectivity index (χ2v) is 7.23. The Morgan fingerprint density at radius 2 is 1.72 bits per heavy atom. The van der Waals surface area contributed by atoms with E-state index in [1.54, 1.807) is 12.1 Å². The van der Waals surface area contributed by atoms with Crippen molar-refractivity contribution in [1.82, 2.24) is 10.6 Å². The van der Waals surface area contributed by atoms with Gasteiger partial charge in [-0.1, -0.05) is 25.0 Å². The number of nitriles is 1. The molecule has 3 rings (SSSR count). The van der Waals surface area contributed by atoms with E-state index in [0.717, 1.165) is 31.2 Å². The number of amides is 2. The SMILES string of the molecule is N#CC1(c2ccc(C(=O)NCCNC(=O)CC3CCCC3)cc2)CC1. The Morgan fingerprint density at radius 1 is 1.08 bits per heavy atom. The molecule has 0 spiro atoms. The van der Waals surface area contributed by atoms with Crippen LogP contribution >= 0.6 is 0 Å². The van der Waals surface area contributed by atoms with Crippen LogP contribution in [0.5, 0.6) is 0 Å². The molecule has 0 radical (unpaired) electrons. The molecular formula is C20H25N3O2. The topological polar surface area (TPSA) is 82.0 Å². The zero-order valence-corrected chi connectivity index (χ0v) is 14.5. The molecule has 2 aliphatic rings. The second-order valence-electron chi connectivity index (χ2n) is 7.23. The molecule has 5 heteroatoms. The number of nitrogens with one attached hydrogen (secondary N) is 2. The summed E-state index contributed by atoms with van der Waals surface area (Å²) >= 11 is 0. The van der Waals surface area contributed by atoms with E-state index in [1.165, 1.54) is 12.8 Å². The van der Waals surface area contributed by atoms with Crippen LogP contribution in [0.1, 0.15) is 60.9 Å². The third-order valence-electron chi connectivity index (χ3n) is 5.35. The largest absolute Gasteiger partial charge is 0.354 e. The highest BCUT2D eigenvalue weighted by atomic mass is 16.2. The van der Waals surface area contributed by atoms with E-state index in [2.05, 4.69) is 16.7 Å². The number of benzene rings is 1.